The molecule has 0 amide bonds. The zero-order valence-electron chi connectivity index (χ0n) is 15.4. The molecule has 27 heavy (non-hydrogen) atoms. The molecule has 6 heteroatoms. The first-order chi connectivity index (χ1) is 13.0. The third-order valence-electron chi connectivity index (χ3n) is 4.02. The lowest BCUT2D eigenvalue weighted by Crippen LogP contribution is -2.28. The van der Waals surface area contributed by atoms with E-state index < -0.39 is 12.1 Å². The van der Waals surface area contributed by atoms with Crippen molar-refractivity contribution in [3.8, 4) is 22.8 Å². The summed E-state index contributed by atoms with van der Waals surface area (Å²) in [6.07, 6.45) is -0.953. The van der Waals surface area contributed by atoms with Gasteiger partial charge in [-0.15, -0.1) is 0 Å². The molecule has 0 bridgehead atoms. The maximum Gasteiger partial charge on any atom is 0.347 e. The van der Waals surface area contributed by atoms with Crippen molar-refractivity contribution in [2.45, 2.75) is 20.0 Å². The van der Waals surface area contributed by atoms with E-state index in [2.05, 4.69) is 0 Å². The Morgan fingerprint density at radius 3 is 2.48 bits per heavy atom. The van der Waals surface area contributed by atoms with Gasteiger partial charge in [-0.3, -0.25) is 4.79 Å². The second-order valence-corrected chi connectivity index (χ2v) is 5.83. The highest BCUT2D eigenvalue weighted by atomic mass is 16.6. The summed E-state index contributed by atoms with van der Waals surface area (Å²) in [5.41, 5.74) is 0.716. The molecule has 3 rings (SSSR count). The van der Waals surface area contributed by atoms with Crippen LogP contribution in [-0.2, 0) is 9.53 Å². The maximum atomic E-state index is 13.0. The molecular formula is C21H20O6. The van der Waals surface area contributed by atoms with Gasteiger partial charge in [0.05, 0.1) is 19.1 Å². The van der Waals surface area contributed by atoms with Crippen molar-refractivity contribution in [3.63, 3.8) is 0 Å². The molecule has 0 saturated heterocycles. The Morgan fingerprint density at radius 2 is 1.81 bits per heavy atom. The smallest absolute Gasteiger partial charge is 0.347 e. The average Bonchev–Trinajstić information content (AvgIpc) is 2.70. The van der Waals surface area contributed by atoms with Gasteiger partial charge in [-0.25, -0.2) is 4.79 Å². The van der Waals surface area contributed by atoms with Crippen molar-refractivity contribution < 1.29 is 23.4 Å². The molecule has 0 N–H and O–H groups in total. The lowest BCUT2D eigenvalue weighted by molar-refractivity contribution is -0.150. The van der Waals surface area contributed by atoms with Crippen LogP contribution in [0.3, 0.4) is 0 Å². The molecule has 1 aromatic heterocycles. The van der Waals surface area contributed by atoms with Crippen molar-refractivity contribution >= 4 is 16.9 Å². The highest BCUT2D eigenvalue weighted by Gasteiger charge is 2.23. The minimum Gasteiger partial charge on any atom is -0.497 e. The second kappa shape index (κ2) is 7.95. The van der Waals surface area contributed by atoms with Gasteiger partial charge in [-0.1, -0.05) is 12.1 Å². The number of carbonyl (C=O) groups is 1. The highest BCUT2D eigenvalue weighted by Crippen LogP contribution is 2.32. The van der Waals surface area contributed by atoms with Crippen LogP contribution in [0.5, 0.6) is 11.5 Å². The van der Waals surface area contributed by atoms with E-state index in [0.717, 1.165) is 0 Å². The highest BCUT2D eigenvalue weighted by molar-refractivity contribution is 5.82. The molecule has 140 valence electrons. The first-order valence-corrected chi connectivity index (χ1v) is 8.58. The van der Waals surface area contributed by atoms with E-state index in [0.29, 0.717) is 22.3 Å². The summed E-state index contributed by atoms with van der Waals surface area (Å²) < 4.78 is 21.8. The normalized spacial score (nSPS) is 11.8. The van der Waals surface area contributed by atoms with Gasteiger partial charge in [0.2, 0.25) is 11.2 Å². The Labute approximate surface area is 156 Å². The summed E-state index contributed by atoms with van der Waals surface area (Å²) in [4.78, 5) is 25.0. The number of ether oxygens (including phenoxy) is 3. The number of carbonyl (C=O) groups excluding carboxylic acids is 1. The van der Waals surface area contributed by atoms with Crippen molar-refractivity contribution in [3.05, 3.63) is 58.8 Å². The van der Waals surface area contributed by atoms with Crippen molar-refractivity contribution in [2.24, 2.45) is 0 Å². The standard InChI is InChI=1S/C21H20O6/c1-4-25-21(23)13(2)26-20-18(22)16-7-5-6-8-17(16)27-19(20)14-9-11-15(24-3)12-10-14/h5-13H,4H2,1-3H3/t13-/m1/s1. The number of benzene rings is 2. The van der Waals surface area contributed by atoms with E-state index in [1.165, 1.54) is 6.92 Å². The quantitative estimate of drug-likeness (QED) is 0.616. The first-order valence-electron chi connectivity index (χ1n) is 8.58. The zero-order valence-corrected chi connectivity index (χ0v) is 15.4. The van der Waals surface area contributed by atoms with Gasteiger partial charge >= 0.3 is 5.97 Å². The molecule has 0 saturated carbocycles. The van der Waals surface area contributed by atoms with Crippen LogP contribution in [-0.4, -0.2) is 25.8 Å². The topological polar surface area (TPSA) is 75.0 Å². The van der Waals surface area contributed by atoms with Crippen molar-refractivity contribution in [1.82, 2.24) is 0 Å². The minimum absolute atomic E-state index is 0.0283. The Kier molecular flexibility index (Phi) is 5.45. The van der Waals surface area contributed by atoms with Crippen LogP contribution in [0, 0.1) is 0 Å². The number of para-hydroxylation sites is 1. The number of esters is 1. The third kappa shape index (κ3) is 3.79. The molecule has 0 spiro atoms. The maximum absolute atomic E-state index is 13.0. The molecule has 3 aromatic rings. The Morgan fingerprint density at radius 1 is 1.11 bits per heavy atom. The van der Waals surface area contributed by atoms with Crippen molar-refractivity contribution in [2.75, 3.05) is 13.7 Å². The van der Waals surface area contributed by atoms with Gasteiger partial charge in [0, 0.05) is 5.56 Å². The number of methoxy groups -OCH3 is 1. The average molecular weight is 368 g/mol. The van der Waals surface area contributed by atoms with Crippen LogP contribution >= 0.6 is 0 Å². The van der Waals surface area contributed by atoms with E-state index in [4.69, 9.17) is 18.6 Å². The van der Waals surface area contributed by atoms with Crippen molar-refractivity contribution in [1.29, 1.82) is 0 Å². The molecule has 1 atom stereocenters. The summed E-state index contributed by atoms with van der Waals surface area (Å²) >= 11 is 0. The van der Waals surface area contributed by atoms with E-state index in [-0.39, 0.29) is 23.5 Å². The summed E-state index contributed by atoms with van der Waals surface area (Å²) in [6, 6.07) is 13.9. The third-order valence-corrected chi connectivity index (χ3v) is 4.02. The Balaban J connectivity index is 2.14. The van der Waals surface area contributed by atoms with Crippen LogP contribution in [0.1, 0.15) is 13.8 Å². The monoisotopic (exact) mass is 368 g/mol. The van der Waals surface area contributed by atoms with Gasteiger partial charge in [0.15, 0.2) is 11.9 Å². The lowest BCUT2D eigenvalue weighted by atomic mass is 10.1. The second-order valence-electron chi connectivity index (χ2n) is 5.83. The first kappa shape index (κ1) is 18.5. The minimum atomic E-state index is -0.953. The van der Waals surface area contributed by atoms with E-state index in [1.54, 1.807) is 62.6 Å². The predicted octanol–water partition coefficient (Wildman–Crippen LogP) is 3.80. The van der Waals surface area contributed by atoms with Crippen LogP contribution in [0.4, 0.5) is 0 Å². The van der Waals surface area contributed by atoms with E-state index in [1.807, 2.05) is 0 Å². The molecule has 0 aliphatic carbocycles. The fraction of sp³-hybridized carbons (Fsp3) is 0.238. The lowest BCUT2D eigenvalue weighted by Gasteiger charge is -2.16. The Hall–Kier alpha value is -3.28. The van der Waals surface area contributed by atoms with Crippen LogP contribution in [0.25, 0.3) is 22.3 Å². The number of fused-ring (bicyclic) bond motifs is 1. The van der Waals surface area contributed by atoms with Crippen LogP contribution in [0.2, 0.25) is 0 Å². The summed E-state index contributed by atoms with van der Waals surface area (Å²) in [7, 11) is 1.57. The zero-order chi connectivity index (χ0) is 19.4. The van der Waals surface area contributed by atoms with Gasteiger partial charge < -0.3 is 18.6 Å². The predicted molar refractivity (Wildman–Crippen MR) is 101 cm³/mol. The largest absolute Gasteiger partial charge is 0.497 e. The molecule has 2 aromatic carbocycles. The van der Waals surface area contributed by atoms with Gasteiger partial charge in [0.25, 0.3) is 0 Å². The fourth-order valence-electron chi connectivity index (χ4n) is 2.65. The Bertz CT molecular complexity index is 1000. The summed E-state index contributed by atoms with van der Waals surface area (Å²) in [5, 5.41) is 0.376. The summed E-state index contributed by atoms with van der Waals surface area (Å²) in [6.45, 7) is 3.46. The SMILES string of the molecule is CCOC(=O)[C@@H](C)Oc1c(-c2ccc(OC)cc2)oc2ccccc2c1=O. The molecule has 0 aliphatic rings. The van der Waals surface area contributed by atoms with E-state index in [9.17, 15) is 9.59 Å². The van der Waals surface area contributed by atoms with E-state index >= 15 is 0 Å². The molecule has 1 heterocycles. The molecule has 6 nitrogen and oxygen atoms in total. The number of hydrogen-bond acceptors (Lipinski definition) is 6. The molecule has 0 fully saturated rings. The van der Waals surface area contributed by atoms with Gasteiger partial charge in [-0.2, -0.15) is 0 Å². The van der Waals surface area contributed by atoms with Crippen LogP contribution in [0.15, 0.2) is 57.7 Å². The summed E-state index contributed by atoms with van der Waals surface area (Å²) in [5.74, 6) is 0.340. The van der Waals surface area contributed by atoms with Gasteiger partial charge in [0.1, 0.15) is 11.3 Å². The van der Waals surface area contributed by atoms with Crippen LogP contribution < -0.4 is 14.9 Å². The number of hydrogen-bond donors (Lipinski definition) is 0. The molecular weight excluding hydrogens is 348 g/mol. The molecule has 0 aliphatic heterocycles. The van der Waals surface area contributed by atoms with Gasteiger partial charge in [-0.05, 0) is 50.2 Å². The number of rotatable bonds is 6. The fourth-order valence-corrected chi connectivity index (χ4v) is 2.65. The molecule has 0 radical (unpaired) electrons. The molecule has 0 unspecified atom stereocenters.